The van der Waals surface area contributed by atoms with Crippen molar-refractivity contribution in [3.63, 3.8) is 0 Å². The second kappa shape index (κ2) is 6.48. The van der Waals surface area contributed by atoms with Crippen LogP contribution in [0.25, 0.3) is 5.57 Å². The number of carbonyl (C=O) groups excluding carboxylic acids is 2. The third-order valence-electron chi connectivity index (χ3n) is 3.60. The molecule has 7 heteroatoms. The Morgan fingerprint density at radius 2 is 1.50 bits per heavy atom. The molecule has 2 amide bonds. The van der Waals surface area contributed by atoms with E-state index < -0.39 is 17.6 Å². The van der Waals surface area contributed by atoms with Crippen LogP contribution in [0.5, 0.6) is 0 Å². The minimum absolute atomic E-state index is 0.0214. The molecule has 1 N–H and O–H groups in total. The van der Waals surface area contributed by atoms with Crippen LogP contribution in [0.1, 0.15) is 11.1 Å². The molecule has 0 saturated heterocycles. The Balaban J connectivity index is 1.94. The second-order valence-corrected chi connectivity index (χ2v) is 6.45. The zero-order valence-corrected chi connectivity index (χ0v) is 14.4. The molecule has 0 radical (unpaired) electrons. The van der Waals surface area contributed by atoms with Crippen LogP contribution in [0.4, 0.5) is 0 Å². The monoisotopic (exact) mass is 381 g/mol. The minimum Gasteiger partial charge on any atom is -0.502 e. The standard InChI is InChI=1S/C17H10Cl3NO3/c18-10-3-1-9(2-4-10)8-21-16(23)14(15(22)17(21)24)12-6-5-11(19)7-13(12)20/h1-7,22H,8H2. The van der Waals surface area contributed by atoms with Crippen molar-refractivity contribution in [1.29, 1.82) is 0 Å². The quantitative estimate of drug-likeness (QED) is 0.796. The number of imide groups is 1. The van der Waals surface area contributed by atoms with E-state index in [2.05, 4.69) is 0 Å². The van der Waals surface area contributed by atoms with E-state index in [0.29, 0.717) is 15.6 Å². The van der Waals surface area contributed by atoms with Gasteiger partial charge in [0.1, 0.15) is 0 Å². The maximum atomic E-state index is 12.6. The molecule has 2 aromatic rings. The molecular formula is C17H10Cl3NO3. The van der Waals surface area contributed by atoms with Gasteiger partial charge >= 0.3 is 0 Å². The maximum Gasteiger partial charge on any atom is 0.296 e. The summed E-state index contributed by atoms with van der Waals surface area (Å²) in [5.74, 6) is -2.01. The Kier molecular flexibility index (Phi) is 4.54. The summed E-state index contributed by atoms with van der Waals surface area (Å²) in [4.78, 5) is 25.8. The number of amides is 2. The van der Waals surface area contributed by atoms with Crippen LogP contribution < -0.4 is 0 Å². The van der Waals surface area contributed by atoms with Crippen molar-refractivity contribution in [2.75, 3.05) is 0 Å². The largest absolute Gasteiger partial charge is 0.502 e. The van der Waals surface area contributed by atoms with Gasteiger partial charge in [0.2, 0.25) is 0 Å². The lowest BCUT2D eigenvalue weighted by atomic mass is 10.1. The Bertz CT molecular complexity index is 875. The Morgan fingerprint density at radius 1 is 0.875 bits per heavy atom. The van der Waals surface area contributed by atoms with E-state index >= 15 is 0 Å². The predicted octanol–water partition coefficient (Wildman–Crippen LogP) is 4.48. The third kappa shape index (κ3) is 3.00. The fourth-order valence-electron chi connectivity index (χ4n) is 2.41. The summed E-state index contributed by atoms with van der Waals surface area (Å²) in [6.07, 6.45) is 0. The molecule has 0 saturated carbocycles. The summed E-state index contributed by atoms with van der Waals surface area (Å²) in [6.45, 7) is 0.0214. The number of nitrogens with zero attached hydrogens (tertiary/aromatic N) is 1. The summed E-state index contributed by atoms with van der Waals surface area (Å²) in [5, 5.41) is 11.2. The van der Waals surface area contributed by atoms with Gasteiger partial charge in [-0.15, -0.1) is 0 Å². The van der Waals surface area contributed by atoms with Crippen LogP contribution >= 0.6 is 34.8 Å². The first-order valence-corrected chi connectivity index (χ1v) is 8.01. The lowest BCUT2D eigenvalue weighted by Gasteiger charge is -2.14. The van der Waals surface area contributed by atoms with Crippen molar-refractivity contribution in [3.05, 3.63) is 74.4 Å². The first kappa shape index (κ1) is 16.8. The fraction of sp³-hybridized carbons (Fsp3) is 0.0588. The summed E-state index contributed by atoms with van der Waals surface area (Å²) >= 11 is 17.7. The van der Waals surface area contributed by atoms with E-state index in [-0.39, 0.29) is 22.7 Å². The average molecular weight is 383 g/mol. The fourth-order valence-corrected chi connectivity index (χ4v) is 3.04. The number of hydrogen-bond acceptors (Lipinski definition) is 3. The van der Waals surface area contributed by atoms with Gasteiger partial charge in [-0.2, -0.15) is 0 Å². The molecule has 3 rings (SSSR count). The zero-order valence-electron chi connectivity index (χ0n) is 12.1. The van der Waals surface area contributed by atoms with Crippen LogP contribution in [-0.4, -0.2) is 21.8 Å². The van der Waals surface area contributed by atoms with Gasteiger partial charge in [0.15, 0.2) is 5.76 Å². The molecule has 0 unspecified atom stereocenters. The molecule has 0 atom stereocenters. The second-order valence-electron chi connectivity index (χ2n) is 5.17. The summed E-state index contributed by atoms with van der Waals surface area (Å²) < 4.78 is 0. The highest BCUT2D eigenvalue weighted by Gasteiger charge is 2.39. The normalized spacial score (nSPS) is 14.7. The molecule has 1 aliphatic heterocycles. The van der Waals surface area contributed by atoms with Crippen LogP contribution in [0.3, 0.4) is 0 Å². The summed E-state index contributed by atoms with van der Waals surface area (Å²) in [6, 6.07) is 11.2. The molecule has 4 nitrogen and oxygen atoms in total. The van der Waals surface area contributed by atoms with E-state index in [0.717, 1.165) is 4.90 Å². The average Bonchev–Trinajstić information content (AvgIpc) is 2.74. The number of halogens is 3. The van der Waals surface area contributed by atoms with Gasteiger partial charge in [0, 0.05) is 15.6 Å². The van der Waals surface area contributed by atoms with Crippen LogP contribution in [0.15, 0.2) is 48.2 Å². The van der Waals surface area contributed by atoms with Crippen LogP contribution in [0.2, 0.25) is 15.1 Å². The van der Waals surface area contributed by atoms with E-state index in [1.807, 2.05) is 0 Å². The van der Waals surface area contributed by atoms with Crippen LogP contribution in [-0.2, 0) is 16.1 Å². The predicted molar refractivity (Wildman–Crippen MR) is 93.0 cm³/mol. The topological polar surface area (TPSA) is 57.6 Å². The first-order chi connectivity index (χ1) is 11.4. The van der Waals surface area contributed by atoms with E-state index in [4.69, 9.17) is 34.8 Å². The van der Waals surface area contributed by atoms with Crippen molar-refractivity contribution >= 4 is 52.2 Å². The molecule has 0 aliphatic carbocycles. The van der Waals surface area contributed by atoms with Crippen molar-refractivity contribution in [1.82, 2.24) is 4.90 Å². The zero-order chi connectivity index (χ0) is 17.4. The highest BCUT2D eigenvalue weighted by atomic mass is 35.5. The lowest BCUT2D eigenvalue weighted by molar-refractivity contribution is -0.138. The van der Waals surface area contributed by atoms with Crippen molar-refractivity contribution in [3.8, 4) is 0 Å². The smallest absolute Gasteiger partial charge is 0.296 e. The molecule has 0 aromatic heterocycles. The van der Waals surface area contributed by atoms with Gasteiger partial charge in [-0.25, -0.2) is 0 Å². The molecule has 2 aromatic carbocycles. The first-order valence-electron chi connectivity index (χ1n) is 6.88. The third-order valence-corrected chi connectivity index (χ3v) is 4.40. The number of aliphatic hydroxyl groups is 1. The SMILES string of the molecule is O=C1C(O)=C(c2ccc(Cl)cc2Cl)C(=O)N1Cc1ccc(Cl)cc1. The number of carbonyl (C=O) groups is 2. The van der Waals surface area contributed by atoms with E-state index in [1.165, 1.54) is 18.2 Å². The Hall–Kier alpha value is -2.01. The van der Waals surface area contributed by atoms with Gasteiger partial charge in [-0.05, 0) is 29.8 Å². The van der Waals surface area contributed by atoms with Gasteiger partial charge in [-0.1, -0.05) is 53.0 Å². The lowest BCUT2D eigenvalue weighted by Crippen LogP contribution is -2.31. The van der Waals surface area contributed by atoms with Gasteiger partial charge in [0.25, 0.3) is 11.8 Å². The van der Waals surface area contributed by atoms with E-state index in [9.17, 15) is 14.7 Å². The van der Waals surface area contributed by atoms with E-state index in [1.54, 1.807) is 24.3 Å². The molecule has 0 bridgehead atoms. The molecular weight excluding hydrogens is 373 g/mol. The summed E-state index contributed by atoms with van der Waals surface area (Å²) in [5.41, 5.74) is 0.837. The highest BCUT2D eigenvalue weighted by molar-refractivity contribution is 6.40. The van der Waals surface area contributed by atoms with Gasteiger partial charge in [-0.3, -0.25) is 14.5 Å². The molecule has 0 spiro atoms. The minimum atomic E-state index is -0.768. The van der Waals surface area contributed by atoms with Crippen molar-refractivity contribution < 1.29 is 14.7 Å². The highest BCUT2D eigenvalue weighted by Crippen LogP contribution is 2.34. The van der Waals surface area contributed by atoms with Crippen LogP contribution in [0, 0.1) is 0 Å². The molecule has 1 aliphatic rings. The van der Waals surface area contributed by atoms with Gasteiger partial charge < -0.3 is 5.11 Å². The Labute approximate surface area is 152 Å². The molecule has 122 valence electrons. The molecule has 0 fully saturated rings. The summed E-state index contributed by atoms with van der Waals surface area (Å²) in [7, 11) is 0. The number of rotatable bonds is 3. The Morgan fingerprint density at radius 3 is 2.12 bits per heavy atom. The van der Waals surface area contributed by atoms with Crippen molar-refractivity contribution in [2.24, 2.45) is 0 Å². The van der Waals surface area contributed by atoms with Gasteiger partial charge in [0.05, 0.1) is 17.1 Å². The molecule has 24 heavy (non-hydrogen) atoms. The van der Waals surface area contributed by atoms with Crippen molar-refractivity contribution in [2.45, 2.75) is 6.54 Å². The number of hydrogen-bond donors (Lipinski definition) is 1. The maximum absolute atomic E-state index is 12.6. The number of benzene rings is 2. The molecule has 1 heterocycles. The number of aliphatic hydroxyl groups excluding tert-OH is 1.